The van der Waals surface area contributed by atoms with E-state index in [0.717, 1.165) is 43.0 Å². The second kappa shape index (κ2) is 7.09. The van der Waals surface area contributed by atoms with E-state index in [1.54, 1.807) is 29.4 Å². The molecule has 1 fully saturated rings. The first-order valence-electron chi connectivity index (χ1n) is 8.50. The summed E-state index contributed by atoms with van der Waals surface area (Å²) in [4.78, 5) is 2.88. The quantitative estimate of drug-likeness (QED) is 0.764. The molecule has 26 heavy (non-hydrogen) atoms. The van der Waals surface area contributed by atoms with Crippen LogP contribution in [0.2, 0.25) is 0 Å². The second-order valence-electron chi connectivity index (χ2n) is 6.16. The van der Waals surface area contributed by atoms with Gasteiger partial charge in [-0.05, 0) is 42.5 Å². The number of methoxy groups -OCH3 is 1. The number of anilines is 1. The first kappa shape index (κ1) is 17.1. The van der Waals surface area contributed by atoms with Gasteiger partial charge in [-0.2, -0.15) is 0 Å². The smallest absolute Gasteiger partial charge is 0.157 e. The molecule has 2 heterocycles. The van der Waals surface area contributed by atoms with E-state index in [1.807, 2.05) is 18.2 Å². The van der Waals surface area contributed by atoms with Gasteiger partial charge in [-0.3, -0.25) is 3.97 Å². The molecule has 1 unspecified atom stereocenters. The maximum absolute atomic E-state index is 13.6. The minimum Gasteiger partial charge on any atom is -0.495 e. The summed E-state index contributed by atoms with van der Waals surface area (Å²) in [6, 6.07) is 11.9. The van der Waals surface area contributed by atoms with E-state index in [1.165, 1.54) is 12.1 Å². The number of piperazine rings is 1. The van der Waals surface area contributed by atoms with Crippen LogP contribution in [0.15, 0.2) is 53.6 Å². The number of ether oxygens (including phenoxy) is 1. The Labute approximate surface area is 154 Å². The van der Waals surface area contributed by atoms with Crippen LogP contribution in [0.1, 0.15) is 0 Å². The fourth-order valence-electron chi connectivity index (χ4n) is 3.27. The number of benzene rings is 2. The molecule has 3 aromatic rings. The van der Waals surface area contributed by atoms with Gasteiger partial charge in [0.25, 0.3) is 0 Å². The molecule has 0 radical (unpaired) electrons. The predicted octanol–water partition coefficient (Wildman–Crippen LogP) is 2.77. The molecule has 0 amide bonds. The fraction of sp³-hybridized carbons (Fsp3) is 0.263. The van der Waals surface area contributed by atoms with Crippen molar-refractivity contribution in [2.45, 2.75) is 4.90 Å². The number of fused-ring (bicyclic) bond motifs is 1. The van der Waals surface area contributed by atoms with Gasteiger partial charge in [-0.15, -0.1) is 0 Å². The van der Waals surface area contributed by atoms with Crippen LogP contribution in [0.4, 0.5) is 10.1 Å². The summed E-state index contributed by atoms with van der Waals surface area (Å²) in [5, 5.41) is 4.18. The maximum Gasteiger partial charge on any atom is 0.157 e. The average molecular weight is 373 g/mol. The van der Waals surface area contributed by atoms with Crippen LogP contribution in [-0.4, -0.2) is 41.5 Å². The average Bonchev–Trinajstić information content (AvgIpc) is 3.10. The monoisotopic (exact) mass is 373 g/mol. The third-order valence-electron chi connectivity index (χ3n) is 4.61. The molecule has 1 saturated heterocycles. The topological polar surface area (TPSA) is 46.5 Å². The molecule has 0 aliphatic carbocycles. The lowest BCUT2D eigenvalue weighted by Gasteiger charge is -2.30. The number of rotatable bonds is 4. The van der Waals surface area contributed by atoms with Gasteiger partial charge in [0.05, 0.1) is 23.2 Å². The first-order valence-corrected chi connectivity index (χ1v) is 9.60. The van der Waals surface area contributed by atoms with Gasteiger partial charge < -0.3 is 15.0 Å². The molecule has 1 aromatic heterocycles. The van der Waals surface area contributed by atoms with E-state index in [-0.39, 0.29) is 5.82 Å². The van der Waals surface area contributed by atoms with Crippen molar-refractivity contribution in [3.63, 3.8) is 0 Å². The molecule has 0 spiro atoms. The Hall–Kier alpha value is -2.38. The lowest BCUT2D eigenvalue weighted by molar-refractivity contribution is 0.412. The van der Waals surface area contributed by atoms with Crippen molar-refractivity contribution in [1.29, 1.82) is 0 Å². The summed E-state index contributed by atoms with van der Waals surface area (Å²) in [5.41, 5.74) is 1.55. The normalized spacial score (nSPS) is 16.0. The van der Waals surface area contributed by atoms with Gasteiger partial charge in [0.1, 0.15) is 11.6 Å². The van der Waals surface area contributed by atoms with Crippen LogP contribution < -0.4 is 15.0 Å². The molecule has 1 atom stereocenters. The van der Waals surface area contributed by atoms with Gasteiger partial charge in [0.15, 0.2) is 11.0 Å². The zero-order valence-corrected chi connectivity index (χ0v) is 15.3. The number of halogens is 1. The van der Waals surface area contributed by atoms with Crippen LogP contribution >= 0.6 is 0 Å². The molecular weight excluding hydrogens is 353 g/mol. The molecule has 7 heteroatoms. The Morgan fingerprint density at radius 2 is 1.92 bits per heavy atom. The molecule has 1 N–H and O–H groups in total. The maximum atomic E-state index is 13.6. The summed E-state index contributed by atoms with van der Waals surface area (Å²) >= 11 is 0. The Kier molecular flexibility index (Phi) is 4.65. The molecular formula is C19H20FN3O2S. The van der Waals surface area contributed by atoms with Gasteiger partial charge >= 0.3 is 0 Å². The largest absolute Gasteiger partial charge is 0.495 e. The Balaban J connectivity index is 1.74. The van der Waals surface area contributed by atoms with Crippen LogP contribution in [0.3, 0.4) is 0 Å². The zero-order valence-electron chi connectivity index (χ0n) is 14.4. The predicted molar refractivity (Wildman–Crippen MR) is 102 cm³/mol. The Morgan fingerprint density at radius 1 is 1.12 bits per heavy atom. The molecule has 2 aromatic carbocycles. The van der Waals surface area contributed by atoms with Crippen LogP contribution in [0.25, 0.3) is 10.9 Å². The molecule has 5 nitrogen and oxygen atoms in total. The summed E-state index contributed by atoms with van der Waals surface area (Å²) < 4.78 is 33.9. The number of aromatic nitrogens is 1. The third kappa shape index (κ3) is 3.08. The van der Waals surface area contributed by atoms with Crippen LogP contribution in [0, 0.1) is 5.82 Å². The second-order valence-corrected chi connectivity index (χ2v) is 7.53. The molecule has 136 valence electrons. The zero-order chi connectivity index (χ0) is 18.1. The van der Waals surface area contributed by atoms with E-state index in [2.05, 4.69) is 10.2 Å². The van der Waals surface area contributed by atoms with Crippen molar-refractivity contribution >= 4 is 27.6 Å². The minimum absolute atomic E-state index is 0.342. The van der Waals surface area contributed by atoms with Crippen molar-refractivity contribution in [1.82, 2.24) is 9.29 Å². The summed E-state index contributed by atoms with van der Waals surface area (Å²) in [6.45, 7) is 3.53. The molecule has 1 aliphatic heterocycles. The van der Waals surface area contributed by atoms with E-state index < -0.39 is 11.0 Å². The molecule has 1 aliphatic rings. The third-order valence-corrected chi connectivity index (χ3v) is 5.94. The van der Waals surface area contributed by atoms with Crippen molar-refractivity contribution < 1.29 is 13.3 Å². The van der Waals surface area contributed by atoms with E-state index >= 15 is 0 Å². The van der Waals surface area contributed by atoms with Crippen LogP contribution in [0.5, 0.6) is 5.75 Å². The van der Waals surface area contributed by atoms with Crippen molar-refractivity contribution in [3.05, 3.63) is 54.5 Å². The summed E-state index contributed by atoms with van der Waals surface area (Å²) in [5.74, 6) is 0.418. The Bertz CT molecular complexity index is 967. The molecule has 0 saturated carbocycles. The minimum atomic E-state index is -1.47. The van der Waals surface area contributed by atoms with Crippen molar-refractivity contribution in [2.24, 2.45) is 0 Å². The number of nitrogens with zero attached hydrogens (tertiary/aromatic N) is 2. The number of nitrogens with one attached hydrogen (secondary N) is 1. The summed E-state index contributed by atoms with van der Waals surface area (Å²) in [7, 11) is 0.167. The van der Waals surface area contributed by atoms with E-state index in [0.29, 0.717) is 10.4 Å². The number of hydrogen-bond donors (Lipinski definition) is 1. The highest BCUT2D eigenvalue weighted by Gasteiger charge is 2.18. The molecule has 0 bridgehead atoms. The number of hydrogen-bond acceptors (Lipinski definition) is 4. The lowest BCUT2D eigenvalue weighted by atomic mass is 10.2. The van der Waals surface area contributed by atoms with Gasteiger partial charge in [-0.25, -0.2) is 8.60 Å². The highest BCUT2D eigenvalue weighted by Crippen LogP contribution is 2.31. The van der Waals surface area contributed by atoms with E-state index in [4.69, 9.17) is 4.74 Å². The highest BCUT2D eigenvalue weighted by molar-refractivity contribution is 7.83. The van der Waals surface area contributed by atoms with Gasteiger partial charge in [-0.1, -0.05) is 0 Å². The van der Waals surface area contributed by atoms with Crippen LogP contribution in [-0.2, 0) is 11.0 Å². The van der Waals surface area contributed by atoms with Crippen molar-refractivity contribution in [2.75, 3.05) is 38.2 Å². The highest BCUT2D eigenvalue weighted by atomic mass is 32.2. The fourth-order valence-corrected chi connectivity index (χ4v) is 4.40. The van der Waals surface area contributed by atoms with E-state index in [9.17, 15) is 8.60 Å². The standard InChI is InChI=1S/C19H20FN3O2S/c1-25-19-5-4-16(13-18(19)22-10-7-21-8-11-22)26(24)23-9-6-14-2-3-15(20)12-17(14)23/h2-6,9,12-13,21H,7-8,10-11H2,1H3. The van der Waals surface area contributed by atoms with Gasteiger partial charge in [0.2, 0.25) is 0 Å². The van der Waals surface area contributed by atoms with Crippen molar-refractivity contribution in [3.8, 4) is 5.75 Å². The first-order chi connectivity index (χ1) is 12.7. The Morgan fingerprint density at radius 3 is 2.69 bits per heavy atom. The SMILES string of the molecule is COc1ccc(S(=O)n2ccc3ccc(F)cc32)cc1N1CCNCC1. The lowest BCUT2D eigenvalue weighted by Crippen LogP contribution is -2.43. The van der Waals surface area contributed by atoms with Gasteiger partial charge in [0, 0.05) is 37.8 Å². The summed E-state index contributed by atoms with van der Waals surface area (Å²) in [6.07, 6.45) is 1.73. The molecule has 4 rings (SSSR count).